The normalized spacial score (nSPS) is 16.2. The van der Waals surface area contributed by atoms with Gasteiger partial charge in [0.1, 0.15) is 0 Å². The fraction of sp³-hybridized carbons (Fsp3) is 0.667. The summed E-state index contributed by atoms with van der Waals surface area (Å²) in [5.41, 5.74) is 1.13. The van der Waals surface area contributed by atoms with Crippen LogP contribution in [0, 0.1) is 12.8 Å². The molecule has 2 N–H and O–H groups in total. The van der Waals surface area contributed by atoms with Crippen LogP contribution in [0.2, 0.25) is 3.93 Å². The van der Waals surface area contributed by atoms with Crippen molar-refractivity contribution in [1.82, 2.24) is 0 Å². The second-order valence-electron chi connectivity index (χ2n) is 6.45. The fourth-order valence-electron chi connectivity index (χ4n) is 2.83. The Labute approximate surface area is 166 Å². The van der Waals surface area contributed by atoms with Crippen molar-refractivity contribution in [3.05, 3.63) is 29.8 Å². The van der Waals surface area contributed by atoms with E-state index in [1.54, 1.807) is 0 Å². The van der Waals surface area contributed by atoms with Crippen molar-refractivity contribution in [3.8, 4) is 0 Å². The zero-order chi connectivity index (χ0) is 17.9. The van der Waals surface area contributed by atoms with Crippen LogP contribution in [0.5, 0.6) is 0 Å². The van der Waals surface area contributed by atoms with E-state index in [0.717, 1.165) is 33.7 Å². The molecule has 0 saturated carbocycles. The molecule has 24 heavy (non-hydrogen) atoms. The van der Waals surface area contributed by atoms with Crippen molar-refractivity contribution < 1.29 is 36.6 Å². The van der Waals surface area contributed by atoms with E-state index in [1.165, 1.54) is 12.8 Å². The van der Waals surface area contributed by atoms with E-state index in [2.05, 4.69) is 18.8 Å². The number of aliphatic hydroxyl groups is 2. The molecule has 1 aromatic carbocycles. The number of aryl methyl sites for hydroxylation is 1. The molecule has 0 aromatic heterocycles. The first kappa shape index (κ1) is 22.7. The number of halogens is 1. The molecule has 0 fully saturated rings. The molecule has 134 valence electrons. The number of hydrogen-bond donors (Lipinski definition) is 2. The summed E-state index contributed by atoms with van der Waals surface area (Å²) in [7, 11) is -1.22. The number of benzene rings is 1. The van der Waals surface area contributed by atoms with Gasteiger partial charge in [0.25, 0.3) is 0 Å². The number of rotatable bonds is 12. The summed E-state index contributed by atoms with van der Waals surface area (Å²) in [4.78, 5) is 0.749. The molecule has 1 aromatic rings. The number of aliphatic hydroxyl groups excluding tert-OH is 2. The molecule has 0 aliphatic carbocycles. The van der Waals surface area contributed by atoms with E-state index in [9.17, 15) is 14.4 Å². The minimum atomic E-state index is -1.22. The maximum atomic E-state index is 12.5. The van der Waals surface area contributed by atoms with Crippen molar-refractivity contribution >= 4 is 22.7 Å². The van der Waals surface area contributed by atoms with Gasteiger partial charge in [-0.25, -0.2) is 0 Å². The average molecular weight is 606 g/mol. The first-order valence-corrected chi connectivity index (χ1v) is 26.0. The van der Waals surface area contributed by atoms with Gasteiger partial charge in [0.15, 0.2) is 0 Å². The topological polar surface area (TPSA) is 57.5 Å². The summed E-state index contributed by atoms with van der Waals surface area (Å²) >= 11 is 2.45. The molecule has 0 aliphatic heterocycles. The van der Waals surface area contributed by atoms with Crippen molar-refractivity contribution in [1.29, 1.82) is 0 Å². The van der Waals surface area contributed by atoms with Gasteiger partial charge in [-0.1, -0.05) is 0 Å². The maximum absolute atomic E-state index is 12.5. The Morgan fingerprint density at radius 1 is 1.12 bits per heavy atom. The Hall–Kier alpha value is 0.705. The Morgan fingerprint density at radius 3 is 2.38 bits per heavy atom. The first-order chi connectivity index (χ1) is 11.5. The summed E-state index contributed by atoms with van der Waals surface area (Å²) in [6.07, 6.45) is 4.05. The van der Waals surface area contributed by atoms with Crippen LogP contribution in [0.15, 0.2) is 29.2 Å². The summed E-state index contributed by atoms with van der Waals surface area (Å²) in [5.74, 6) is 0.0719. The van der Waals surface area contributed by atoms with Crippen LogP contribution < -0.4 is 0 Å². The van der Waals surface area contributed by atoms with Gasteiger partial charge in [0.05, 0.1) is 0 Å². The number of unbranched alkanes of at least 4 members (excludes halogenated alkanes) is 3. The average Bonchev–Trinajstić information content (AvgIpc) is 2.56. The predicted molar refractivity (Wildman–Crippen MR) is 100 cm³/mol. The van der Waals surface area contributed by atoms with E-state index in [4.69, 9.17) is 0 Å². The standard InChI is InChI=1S/C18H29O3S.BrH.Hg/c1-4-5-6-7-8-17(19)15(3)18(20)13-22(21)16-11-9-14(2)10-12-16;;/h9-12,15,17-20H,3-8,13H2,1-2H3;1H;/q;;+1/p-1/t15-,17+,18+,22-;;/m1../s1. The second-order valence-corrected chi connectivity index (χ2v) is 18.6. The molecule has 0 saturated heterocycles. The number of hydrogen-bond acceptors (Lipinski definition) is 3. The third kappa shape index (κ3) is 8.39. The van der Waals surface area contributed by atoms with Crippen LogP contribution in [0.1, 0.15) is 44.6 Å². The molecule has 0 radical (unpaired) electrons. The third-order valence-electron chi connectivity index (χ3n) is 4.39. The van der Waals surface area contributed by atoms with Gasteiger partial charge in [0.2, 0.25) is 0 Å². The molecule has 1 rings (SSSR count). The van der Waals surface area contributed by atoms with Crippen LogP contribution in [0.4, 0.5) is 0 Å². The van der Waals surface area contributed by atoms with Gasteiger partial charge in [0, 0.05) is 0 Å². The van der Waals surface area contributed by atoms with Gasteiger partial charge in [-0.2, -0.15) is 0 Å². The third-order valence-corrected chi connectivity index (χ3v) is 13.3. The fourth-order valence-corrected chi connectivity index (χ4v) is 12.6. The molecular weight excluding hydrogens is 577 g/mol. The van der Waals surface area contributed by atoms with Crippen molar-refractivity contribution in [2.24, 2.45) is 5.92 Å². The molecule has 3 nitrogen and oxygen atoms in total. The van der Waals surface area contributed by atoms with Crippen LogP contribution in [-0.2, 0) is 32.9 Å². The second kappa shape index (κ2) is 13.0. The van der Waals surface area contributed by atoms with Crippen LogP contribution in [0.25, 0.3) is 0 Å². The summed E-state index contributed by atoms with van der Waals surface area (Å²) in [6.45, 7) is 4.17. The van der Waals surface area contributed by atoms with E-state index in [1.807, 2.05) is 31.2 Å². The van der Waals surface area contributed by atoms with Gasteiger partial charge >= 0.3 is 168 Å². The van der Waals surface area contributed by atoms with Gasteiger partial charge in [-0.05, 0) is 0 Å². The van der Waals surface area contributed by atoms with Crippen LogP contribution in [-0.4, -0.2) is 32.4 Å². The zero-order valence-corrected chi connectivity index (χ0v) is 22.7. The van der Waals surface area contributed by atoms with Crippen LogP contribution in [0.3, 0.4) is 0 Å². The van der Waals surface area contributed by atoms with Crippen molar-refractivity contribution in [2.45, 2.75) is 67.0 Å². The van der Waals surface area contributed by atoms with Gasteiger partial charge in [-0.3, -0.25) is 0 Å². The molecule has 0 spiro atoms. The molecular formula is C18H29BrHgO3S. The molecule has 0 bridgehead atoms. The van der Waals surface area contributed by atoms with Gasteiger partial charge < -0.3 is 0 Å². The first-order valence-electron chi connectivity index (χ1n) is 8.86. The van der Waals surface area contributed by atoms with Crippen molar-refractivity contribution in [3.63, 3.8) is 0 Å². The molecule has 0 unspecified atom stereocenters. The zero-order valence-electron chi connectivity index (χ0n) is 14.8. The Morgan fingerprint density at radius 2 is 1.79 bits per heavy atom. The Balaban J connectivity index is 2.59. The quantitative estimate of drug-likeness (QED) is 0.277. The molecule has 6 heteroatoms. The summed E-state index contributed by atoms with van der Waals surface area (Å²) < 4.78 is 13.4. The molecule has 0 amide bonds. The monoisotopic (exact) mass is 606 g/mol. The van der Waals surface area contributed by atoms with E-state index < -0.39 is 45.2 Å². The van der Waals surface area contributed by atoms with Crippen LogP contribution >= 0.6 is 11.9 Å². The van der Waals surface area contributed by atoms with Crippen molar-refractivity contribution in [2.75, 3.05) is 5.75 Å². The molecule has 4 atom stereocenters. The Kier molecular flexibility index (Phi) is 12.3. The predicted octanol–water partition coefficient (Wildman–Crippen LogP) is 4.22. The van der Waals surface area contributed by atoms with E-state index in [0.29, 0.717) is 0 Å². The Bertz CT molecular complexity index is 484. The molecule has 0 aliphatic rings. The van der Waals surface area contributed by atoms with E-state index >= 15 is 0 Å². The van der Waals surface area contributed by atoms with Gasteiger partial charge in [-0.15, -0.1) is 0 Å². The summed E-state index contributed by atoms with van der Waals surface area (Å²) in [5, 5.41) is 21.0. The van der Waals surface area contributed by atoms with E-state index in [-0.39, 0.29) is 11.7 Å². The SMILES string of the molecule is CCCCCC[C@H](O)[C@@H]([CH2][Hg][Br])[C@@H](O)C[S@@](=O)c1ccc(C)cc1. The molecule has 0 heterocycles. The summed E-state index contributed by atoms with van der Waals surface area (Å²) in [6, 6.07) is 7.60. The minimum absolute atomic E-state index is 0.137.